The number of benzene rings is 1. The Balaban J connectivity index is 1.72. The summed E-state index contributed by atoms with van der Waals surface area (Å²) in [5, 5.41) is 4.27. The number of hydrogen-bond acceptors (Lipinski definition) is 6. The Bertz CT molecular complexity index is 842. The molecule has 1 fully saturated rings. The number of aliphatic imine (C=N–C) groups is 1. The van der Waals surface area contributed by atoms with Crippen LogP contribution in [0, 0.1) is 0 Å². The van der Waals surface area contributed by atoms with E-state index in [0.29, 0.717) is 28.0 Å². The first-order valence-corrected chi connectivity index (χ1v) is 11.6. The fourth-order valence-corrected chi connectivity index (χ4v) is 6.84. The molecule has 2 aliphatic rings. The molecule has 0 aliphatic carbocycles. The van der Waals surface area contributed by atoms with E-state index in [0.717, 1.165) is 12.8 Å². The second-order valence-electron chi connectivity index (χ2n) is 6.63. The number of thioether (sulfide) groups is 1. The third-order valence-electron chi connectivity index (χ3n) is 4.47. The van der Waals surface area contributed by atoms with Gasteiger partial charge in [0.1, 0.15) is 0 Å². The minimum Gasteiger partial charge on any atom is -0.342 e. The van der Waals surface area contributed by atoms with E-state index in [1.165, 1.54) is 11.8 Å². The molecule has 0 bridgehead atoms. The van der Waals surface area contributed by atoms with Gasteiger partial charge in [-0.05, 0) is 24.6 Å². The Hall–Kier alpha value is -1.25. The van der Waals surface area contributed by atoms with E-state index in [2.05, 4.69) is 17.2 Å². The Morgan fingerprint density at radius 3 is 2.88 bits per heavy atom. The molecule has 1 amide bonds. The Morgan fingerprint density at radius 2 is 2.19 bits per heavy atom. The van der Waals surface area contributed by atoms with Gasteiger partial charge in [0.15, 0.2) is 15.0 Å². The summed E-state index contributed by atoms with van der Waals surface area (Å²) in [7, 11) is -1.19. The van der Waals surface area contributed by atoms with Crippen molar-refractivity contribution in [3.05, 3.63) is 28.8 Å². The van der Waals surface area contributed by atoms with Gasteiger partial charge in [0.25, 0.3) is 5.91 Å². The van der Waals surface area contributed by atoms with E-state index in [9.17, 15) is 13.2 Å². The molecule has 3 rings (SSSR count). The lowest BCUT2D eigenvalue weighted by Crippen LogP contribution is -2.27. The van der Waals surface area contributed by atoms with Crippen LogP contribution in [0.2, 0.25) is 5.02 Å². The highest BCUT2D eigenvalue weighted by Crippen LogP contribution is 2.35. The topological polar surface area (TPSA) is 78.8 Å². The lowest BCUT2D eigenvalue weighted by Gasteiger charge is -2.18. The van der Waals surface area contributed by atoms with E-state index in [1.54, 1.807) is 30.1 Å². The van der Waals surface area contributed by atoms with E-state index in [1.807, 2.05) is 0 Å². The molecular formula is C17H22ClN3O3S2. The number of nitrogens with one attached hydrogen (secondary N) is 1. The van der Waals surface area contributed by atoms with Crippen LogP contribution < -0.4 is 5.32 Å². The number of amidine groups is 1. The molecular weight excluding hydrogens is 394 g/mol. The zero-order valence-corrected chi connectivity index (χ0v) is 17.1. The van der Waals surface area contributed by atoms with Gasteiger partial charge in [-0.25, -0.2) is 8.42 Å². The molecule has 2 atom stereocenters. The summed E-state index contributed by atoms with van der Waals surface area (Å²) in [6.45, 7) is 2.80. The van der Waals surface area contributed by atoms with Crippen molar-refractivity contribution in [2.75, 3.05) is 30.4 Å². The smallest absolute Gasteiger partial charge is 0.253 e. The van der Waals surface area contributed by atoms with Gasteiger partial charge in [0, 0.05) is 24.4 Å². The molecule has 9 heteroatoms. The first kappa shape index (κ1) is 19.5. The summed E-state index contributed by atoms with van der Waals surface area (Å²) < 4.78 is 23.3. The first-order valence-electron chi connectivity index (χ1n) is 8.56. The molecule has 1 N–H and O–H groups in total. The van der Waals surface area contributed by atoms with Crippen molar-refractivity contribution in [3.63, 3.8) is 0 Å². The molecule has 2 aliphatic heterocycles. The summed E-state index contributed by atoms with van der Waals surface area (Å²) in [6.07, 6.45) is 1.99. The number of fused-ring (bicyclic) bond motifs is 1. The van der Waals surface area contributed by atoms with E-state index in [4.69, 9.17) is 11.6 Å². The summed E-state index contributed by atoms with van der Waals surface area (Å²) in [5.41, 5.74) is 1.16. The number of nitrogens with zero attached hydrogens (tertiary/aromatic N) is 2. The summed E-state index contributed by atoms with van der Waals surface area (Å²) >= 11 is 7.69. The second kappa shape index (κ2) is 7.78. The predicted octanol–water partition coefficient (Wildman–Crippen LogP) is 2.89. The van der Waals surface area contributed by atoms with Gasteiger partial charge in [-0.15, -0.1) is 0 Å². The zero-order chi connectivity index (χ0) is 18.9. The van der Waals surface area contributed by atoms with Gasteiger partial charge in [0.2, 0.25) is 0 Å². The SMILES string of the molecule is CCCCN(C)C(=O)c1ccc(Cl)c(NC2=N[C@@H]3CS(=O)(=O)C[C@@H]3S2)c1. The van der Waals surface area contributed by atoms with Crippen LogP contribution in [0.5, 0.6) is 0 Å². The Labute approximate surface area is 163 Å². The van der Waals surface area contributed by atoms with Crippen LogP contribution in [0.3, 0.4) is 0 Å². The van der Waals surface area contributed by atoms with Crippen LogP contribution in [0.15, 0.2) is 23.2 Å². The van der Waals surface area contributed by atoms with Crippen LogP contribution in [0.25, 0.3) is 0 Å². The molecule has 26 heavy (non-hydrogen) atoms. The highest BCUT2D eigenvalue weighted by Gasteiger charge is 2.42. The van der Waals surface area contributed by atoms with Gasteiger partial charge in [-0.1, -0.05) is 36.7 Å². The highest BCUT2D eigenvalue weighted by molar-refractivity contribution is 8.15. The Kier molecular flexibility index (Phi) is 5.84. The number of halogens is 1. The molecule has 1 aromatic rings. The summed E-state index contributed by atoms with van der Waals surface area (Å²) in [5.74, 6) is 0.206. The van der Waals surface area contributed by atoms with E-state index >= 15 is 0 Å². The Morgan fingerprint density at radius 1 is 1.42 bits per heavy atom. The fraction of sp³-hybridized carbons (Fsp3) is 0.529. The first-order chi connectivity index (χ1) is 12.3. The summed E-state index contributed by atoms with van der Waals surface area (Å²) in [4.78, 5) is 18.7. The number of amides is 1. The van der Waals surface area contributed by atoms with Gasteiger partial charge >= 0.3 is 0 Å². The van der Waals surface area contributed by atoms with Crippen molar-refractivity contribution in [1.29, 1.82) is 0 Å². The standard InChI is InChI=1S/C17H22ClN3O3S2/c1-3-4-7-21(2)16(22)11-5-6-12(18)13(8-11)19-17-20-14-9-26(23,24)10-15(14)25-17/h5-6,8,14-15H,3-4,7,9-10H2,1-2H3,(H,19,20)/t14-,15+/m1/s1. The maximum atomic E-state index is 12.5. The average molecular weight is 416 g/mol. The number of sulfone groups is 1. The van der Waals surface area contributed by atoms with Gasteiger partial charge in [-0.3, -0.25) is 9.79 Å². The quantitative estimate of drug-likeness (QED) is 0.799. The van der Waals surface area contributed by atoms with Crippen molar-refractivity contribution in [3.8, 4) is 0 Å². The minimum atomic E-state index is -2.98. The van der Waals surface area contributed by atoms with E-state index < -0.39 is 9.84 Å². The number of carbonyl (C=O) groups excluding carboxylic acids is 1. The van der Waals surface area contributed by atoms with Crippen molar-refractivity contribution in [2.24, 2.45) is 4.99 Å². The molecule has 0 radical (unpaired) electrons. The number of carbonyl (C=O) groups is 1. The number of hydrogen-bond donors (Lipinski definition) is 1. The molecule has 0 unspecified atom stereocenters. The number of rotatable bonds is 5. The molecule has 1 saturated heterocycles. The molecule has 0 spiro atoms. The molecule has 1 aromatic carbocycles. The van der Waals surface area contributed by atoms with Crippen molar-refractivity contribution in [2.45, 2.75) is 31.1 Å². The molecule has 2 heterocycles. The normalized spacial score (nSPS) is 23.4. The lowest BCUT2D eigenvalue weighted by molar-refractivity contribution is 0.0793. The fourth-order valence-electron chi connectivity index (χ4n) is 3.00. The van der Waals surface area contributed by atoms with Gasteiger partial charge < -0.3 is 10.2 Å². The number of unbranched alkanes of at least 4 members (excludes halogenated alkanes) is 1. The molecule has 0 aromatic heterocycles. The maximum Gasteiger partial charge on any atom is 0.253 e. The van der Waals surface area contributed by atoms with Crippen molar-refractivity contribution >= 4 is 50.0 Å². The van der Waals surface area contributed by atoms with Gasteiger partial charge in [0.05, 0.1) is 28.3 Å². The molecule has 142 valence electrons. The molecule has 6 nitrogen and oxygen atoms in total. The third kappa shape index (κ3) is 4.35. The van der Waals surface area contributed by atoms with Crippen LogP contribution >= 0.6 is 23.4 Å². The summed E-state index contributed by atoms with van der Waals surface area (Å²) in [6, 6.07) is 4.93. The zero-order valence-electron chi connectivity index (χ0n) is 14.7. The maximum absolute atomic E-state index is 12.5. The largest absolute Gasteiger partial charge is 0.342 e. The number of anilines is 1. The van der Waals surface area contributed by atoms with Crippen LogP contribution in [0.4, 0.5) is 5.69 Å². The lowest BCUT2D eigenvalue weighted by atomic mass is 10.1. The van der Waals surface area contributed by atoms with Crippen molar-refractivity contribution < 1.29 is 13.2 Å². The second-order valence-corrected chi connectivity index (χ2v) is 10.4. The highest BCUT2D eigenvalue weighted by atomic mass is 35.5. The van der Waals surface area contributed by atoms with Crippen LogP contribution in [-0.4, -0.2) is 60.8 Å². The average Bonchev–Trinajstić information content (AvgIpc) is 3.06. The van der Waals surface area contributed by atoms with Crippen LogP contribution in [0.1, 0.15) is 30.1 Å². The monoisotopic (exact) mass is 415 g/mol. The minimum absolute atomic E-state index is 0.0359. The molecule has 0 saturated carbocycles. The van der Waals surface area contributed by atoms with Gasteiger partial charge in [-0.2, -0.15) is 0 Å². The van der Waals surface area contributed by atoms with Crippen LogP contribution in [-0.2, 0) is 9.84 Å². The van der Waals surface area contributed by atoms with E-state index in [-0.39, 0.29) is 28.7 Å². The third-order valence-corrected chi connectivity index (χ3v) is 7.94. The predicted molar refractivity (Wildman–Crippen MR) is 108 cm³/mol. The van der Waals surface area contributed by atoms with Crippen molar-refractivity contribution in [1.82, 2.24) is 4.90 Å².